The Labute approximate surface area is 193 Å². The van der Waals surface area contributed by atoms with E-state index in [1.54, 1.807) is 13.1 Å². The first-order valence-corrected chi connectivity index (χ1v) is 12.9. The van der Waals surface area contributed by atoms with E-state index < -0.39 is 15.1 Å². The summed E-state index contributed by atoms with van der Waals surface area (Å²) in [6, 6.07) is 26.7. The third kappa shape index (κ3) is 4.37. The molecule has 0 spiro atoms. The lowest BCUT2D eigenvalue weighted by Gasteiger charge is -2.14. The van der Waals surface area contributed by atoms with Crippen molar-refractivity contribution in [2.24, 2.45) is 0 Å². The van der Waals surface area contributed by atoms with E-state index in [9.17, 15) is 8.42 Å². The predicted octanol–water partition coefficient (Wildman–Crippen LogP) is 6.09. The van der Waals surface area contributed by atoms with Crippen molar-refractivity contribution in [2.75, 3.05) is 6.26 Å². The molecule has 1 atom stereocenters. The van der Waals surface area contributed by atoms with Gasteiger partial charge < -0.3 is 0 Å². The van der Waals surface area contributed by atoms with Crippen LogP contribution in [0.25, 0.3) is 44.1 Å². The molecule has 1 unspecified atom stereocenters. The molecule has 0 saturated carbocycles. The van der Waals surface area contributed by atoms with Crippen LogP contribution in [0.4, 0.5) is 0 Å². The quantitative estimate of drug-likeness (QED) is 0.324. The molecule has 164 valence electrons. The van der Waals surface area contributed by atoms with E-state index in [1.165, 1.54) is 6.26 Å². The first-order valence-electron chi connectivity index (χ1n) is 10.9. The summed E-state index contributed by atoms with van der Waals surface area (Å²) >= 11 is 0. The Balaban J connectivity index is 1.62. The number of aromatic nitrogens is 2. The molecule has 5 aromatic rings. The van der Waals surface area contributed by atoms with E-state index >= 15 is 0 Å². The number of hydrogen-bond donors (Lipinski definition) is 0. The van der Waals surface area contributed by atoms with Gasteiger partial charge in [0.05, 0.1) is 16.3 Å². The molecule has 0 fully saturated rings. The highest BCUT2D eigenvalue weighted by Crippen LogP contribution is 2.33. The van der Waals surface area contributed by atoms with Gasteiger partial charge in [0.1, 0.15) is 9.84 Å². The smallest absolute Gasteiger partial charge is 0.150 e. The van der Waals surface area contributed by atoms with Crippen LogP contribution in [0.5, 0.6) is 0 Å². The second-order valence-corrected chi connectivity index (χ2v) is 11.0. The highest BCUT2D eigenvalue weighted by atomic mass is 32.2. The lowest BCUT2D eigenvalue weighted by atomic mass is 9.94. The Bertz CT molecular complexity index is 1590. The van der Waals surface area contributed by atoms with Gasteiger partial charge >= 0.3 is 0 Å². The molecule has 4 nitrogen and oxygen atoms in total. The second-order valence-electron chi connectivity index (χ2n) is 8.56. The molecule has 0 amide bonds. The molecule has 5 rings (SSSR count). The largest absolute Gasteiger partial charge is 0.256 e. The number of pyridine rings is 2. The zero-order chi connectivity index (χ0) is 23.0. The van der Waals surface area contributed by atoms with Gasteiger partial charge in [0.25, 0.3) is 0 Å². The zero-order valence-electron chi connectivity index (χ0n) is 18.6. The molecule has 3 aromatic carbocycles. The lowest BCUT2D eigenvalue weighted by Crippen LogP contribution is -2.18. The molecule has 5 heteroatoms. The topological polar surface area (TPSA) is 59.9 Å². The van der Waals surface area contributed by atoms with Gasteiger partial charge in [-0.3, -0.25) is 9.97 Å². The maximum Gasteiger partial charge on any atom is 0.150 e. The Morgan fingerprint density at radius 2 is 1.58 bits per heavy atom. The Morgan fingerprint density at radius 3 is 2.42 bits per heavy atom. The van der Waals surface area contributed by atoms with Crippen molar-refractivity contribution < 1.29 is 8.42 Å². The van der Waals surface area contributed by atoms with Crippen LogP contribution in [0.1, 0.15) is 12.5 Å². The van der Waals surface area contributed by atoms with Crippen molar-refractivity contribution in [1.82, 2.24) is 9.97 Å². The predicted molar refractivity (Wildman–Crippen MR) is 136 cm³/mol. The number of nitrogens with zero attached hydrogens (tertiary/aromatic N) is 2. The van der Waals surface area contributed by atoms with Crippen molar-refractivity contribution in [2.45, 2.75) is 18.6 Å². The van der Waals surface area contributed by atoms with Gasteiger partial charge in [0.15, 0.2) is 0 Å². The molecule has 33 heavy (non-hydrogen) atoms. The lowest BCUT2D eigenvalue weighted by molar-refractivity contribution is 0.588. The second kappa shape index (κ2) is 8.41. The Kier molecular flexibility index (Phi) is 5.43. The molecular weight excluding hydrogens is 428 g/mol. The molecule has 0 bridgehead atoms. The van der Waals surface area contributed by atoms with Crippen LogP contribution in [-0.4, -0.2) is 29.9 Å². The number of hydrogen-bond acceptors (Lipinski definition) is 4. The van der Waals surface area contributed by atoms with E-state index in [1.807, 2.05) is 48.7 Å². The summed E-state index contributed by atoms with van der Waals surface area (Å²) in [7, 11) is -3.12. The molecule has 0 saturated heterocycles. The van der Waals surface area contributed by atoms with Crippen LogP contribution in [0.3, 0.4) is 0 Å². The maximum atomic E-state index is 12.0. The van der Waals surface area contributed by atoms with Crippen molar-refractivity contribution in [3.05, 3.63) is 96.8 Å². The van der Waals surface area contributed by atoms with Gasteiger partial charge in [0.2, 0.25) is 0 Å². The van der Waals surface area contributed by atoms with Gasteiger partial charge in [-0.25, -0.2) is 8.42 Å². The molecule has 2 heterocycles. The van der Waals surface area contributed by atoms with E-state index in [-0.39, 0.29) is 0 Å². The van der Waals surface area contributed by atoms with Crippen LogP contribution in [0, 0.1) is 0 Å². The van der Waals surface area contributed by atoms with E-state index in [2.05, 4.69) is 46.4 Å². The number of benzene rings is 3. The average Bonchev–Trinajstić information content (AvgIpc) is 2.82. The van der Waals surface area contributed by atoms with Crippen molar-refractivity contribution >= 4 is 31.6 Å². The standard InChI is InChI=1S/C28H24N2O2S/c1-19(33(2,31)32)13-20-14-24-10-6-12-29-28(24)26(15-20)22-9-5-8-21(16-22)25-17-23-7-3-4-11-27(23)30-18-25/h3-12,14-19H,13H2,1-2H3. The van der Waals surface area contributed by atoms with E-state index in [4.69, 9.17) is 0 Å². The summed E-state index contributed by atoms with van der Waals surface area (Å²) in [6.45, 7) is 1.76. The van der Waals surface area contributed by atoms with Gasteiger partial charge in [-0.05, 0) is 66.4 Å². The highest BCUT2D eigenvalue weighted by molar-refractivity contribution is 7.91. The first kappa shape index (κ1) is 21.3. The van der Waals surface area contributed by atoms with Crippen molar-refractivity contribution in [1.29, 1.82) is 0 Å². The Morgan fingerprint density at radius 1 is 0.788 bits per heavy atom. The van der Waals surface area contributed by atoms with E-state index in [0.717, 1.165) is 49.6 Å². The minimum Gasteiger partial charge on any atom is -0.256 e. The fourth-order valence-corrected chi connectivity index (χ4v) is 4.67. The van der Waals surface area contributed by atoms with Gasteiger partial charge in [0, 0.05) is 40.5 Å². The fraction of sp³-hybridized carbons (Fsp3) is 0.143. The van der Waals surface area contributed by atoms with Gasteiger partial charge in [-0.2, -0.15) is 0 Å². The summed E-state index contributed by atoms with van der Waals surface area (Å²) in [4.78, 5) is 9.25. The maximum absolute atomic E-state index is 12.0. The SMILES string of the molecule is CC(Cc1cc(-c2cccc(-c3cnc4ccccc4c3)c2)c2ncccc2c1)S(C)(=O)=O. The summed E-state index contributed by atoms with van der Waals surface area (Å²) in [5.41, 5.74) is 7.03. The molecule has 0 aliphatic rings. The third-order valence-electron chi connectivity index (χ3n) is 6.12. The average molecular weight is 453 g/mol. The van der Waals surface area contributed by atoms with Gasteiger partial charge in [-0.1, -0.05) is 42.5 Å². The van der Waals surface area contributed by atoms with E-state index in [0.29, 0.717) is 6.42 Å². The molecule has 0 radical (unpaired) electrons. The van der Waals surface area contributed by atoms with Crippen molar-refractivity contribution in [3.8, 4) is 22.3 Å². The number of fused-ring (bicyclic) bond motifs is 2. The summed E-state index contributed by atoms with van der Waals surface area (Å²) in [5, 5.41) is 1.65. The summed E-state index contributed by atoms with van der Waals surface area (Å²) in [5.74, 6) is 0. The zero-order valence-corrected chi connectivity index (χ0v) is 19.4. The van der Waals surface area contributed by atoms with Crippen molar-refractivity contribution in [3.63, 3.8) is 0 Å². The monoisotopic (exact) mass is 452 g/mol. The number of sulfone groups is 1. The number of para-hydroxylation sites is 1. The molecule has 0 aliphatic heterocycles. The van der Waals surface area contributed by atoms with Crippen LogP contribution < -0.4 is 0 Å². The van der Waals surface area contributed by atoms with Gasteiger partial charge in [-0.15, -0.1) is 0 Å². The normalized spacial score (nSPS) is 12.8. The van der Waals surface area contributed by atoms with Crippen LogP contribution in [0.2, 0.25) is 0 Å². The summed E-state index contributed by atoms with van der Waals surface area (Å²) < 4.78 is 24.1. The van der Waals surface area contributed by atoms with Crippen LogP contribution in [-0.2, 0) is 16.3 Å². The Hall–Kier alpha value is -3.57. The van der Waals surface area contributed by atoms with Crippen LogP contribution in [0.15, 0.2) is 91.3 Å². The minimum absolute atomic E-state index is 0.450. The van der Waals surface area contributed by atoms with Crippen LogP contribution >= 0.6 is 0 Å². The third-order valence-corrected chi connectivity index (χ3v) is 7.74. The molecular formula is C28H24N2O2S. The fourth-order valence-electron chi connectivity index (χ4n) is 4.17. The highest BCUT2D eigenvalue weighted by Gasteiger charge is 2.17. The number of rotatable bonds is 5. The summed E-state index contributed by atoms with van der Waals surface area (Å²) in [6.07, 6.45) is 5.46. The molecule has 0 aliphatic carbocycles. The first-order chi connectivity index (χ1) is 15.9. The minimum atomic E-state index is -3.12. The molecule has 0 N–H and O–H groups in total. The molecule has 2 aromatic heterocycles.